The third kappa shape index (κ3) is 1.70. The van der Waals surface area contributed by atoms with E-state index in [1.807, 2.05) is 0 Å². The maximum absolute atomic E-state index is 5.71. The number of rotatable bonds is 0. The molecule has 0 amide bonds. The number of halogens is 3. The van der Waals surface area contributed by atoms with E-state index in [4.69, 9.17) is 40.5 Å². The first-order valence-electron chi connectivity index (χ1n) is 2.66. The van der Waals surface area contributed by atoms with E-state index in [2.05, 4.69) is 12.6 Å². The molecule has 1 rings (SSSR count). The van der Waals surface area contributed by atoms with E-state index < -0.39 is 0 Å². The second kappa shape index (κ2) is 3.31. The smallest absolute Gasteiger partial charge is 0.0747 e. The van der Waals surface area contributed by atoms with Crippen molar-refractivity contribution in [1.29, 1.82) is 0 Å². The molecule has 0 spiro atoms. The average molecular weight is 229 g/mol. The van der Waals surface area contributed by atoms with Gasteiger partial charge in [-0.15, -0.1) is 12.6 Å². The number of thiol groups is 1. The molecule has 0 radical (unpaired) electrons. The SMILES string of the molecule is Nc1c(Cl)cc(Cl)c(Cl)c1S. The van der Waals surface area contributed by atoms with Crippen LogP contribution in [0.25, 0.3) is 0 Å². The van der Waals surface area contributed by atoms with Crippen LogP contribution in [-0.4, -0.2) is 0 Å². The van der Waals surface area contributed by atoms with Crippen molar-refractivity contribution in [3.63, 3.8) is 0 Å². The van der Waals surface area contributed by atoms with Crippen LogP contribution >= 0.6 is 47.4 Å². The quantitative estimate of drug-likeness (QED) is 0.397. The molecular formula is C6H4Cl3NS. The van der Waals surface area contributed by atoms with Gasteiger partial charge in [-0.1, -0.05) is 34.8 Å². The fourth-order valence-corrected chi connectivity index (χ4v) is 1.59. The summed E-state index contributed by atoms with van der Waals surface area (Å²) in [7, 11) is 0. The highest BCUT2D eigenvalue weighted by molar-refractivity contribution is 7.80. The fourth-order valence-electron chi connectivity index (χ4n) is 0.597. The lowest BCUT2D eigenvalue weighted by Crippen LogP contribution is -1.89. The average Bonchev–Trinajstić information content (AvgIpc) is 1.97. The molecule has 0 atom stereocenters. The van der Waals surface area contributed by atoms with Crippen molar-refractivity contribution < 1.29 is 0 Å². The van der Waals surface area contributed by atoms with Crippen LogP contribution in [-0.2, 0) is 0 Å². The Bertz CT molecular complexity index is 274. The van der Waals surface area contributed by atoms with Gasteiger partial charge in [0.15, 0.2) is 0 Å². The maximum Gasteiger partial charge on any atom is 0.0747 e. The molecule has 0 fully saturated rings. The minimum absolute atomic E-state index is 0.330. The topological polar surface area (TPSA) is 26.0 Å². The third-order valence-corrected chi connectivity index (χ3v) is 2.88. The first-order chi connectivity index (χ1) is 5.04. The summed E-state index contributed by atoms with van der Waals surface area (Å²) >= 11 is 21.1. The monoisotopic (exact) mass is 227 g/mol. The maximum atomic E-state index is 5.71. The third-order valence-electron chi connectivity index (χ3n) is 1.18. The lowest BCUT2D eigenvalue weighted by atomic mass is 10.3. The van der Waals surface area contributed by atoms with Gasteiger partial charge >= 0.3 is 0 Å². The van der Waals surface area contributed by atoms with Gasteiger partial charge in [0.25, 0.3) is 0 Å². The van der Waals surface area contributed by atoms with Crippen LogP contribution in [0.4, 0.5) is 5.69 Å². The van der Waals surface area contributed by atoms with Crippen molar-refractivity contribution in [3.8, 4) is 0 Å². The van der Waals surface area contributed by atoms with E-state index >= 15 is 0 Å². The zero-order valence-electron chi connectivity index (χ0n) is 5.24. The zero-order valence-corrected chi connectivity index (χ0v) is 8.40. The molecule has 5 heteroatoms. The van der Waals surface area contributed by atoms with Gasteiger partial charge < -0.3 is 5.73 Å². The summed E-state index contributed by atoms with van der Waals surface area (Å²) in [6.45, 7) is 0. The van der Waals surface area contributed by atoms with Gasteiger partial charge in [-0.25, -0.2) is 0 Å². The van der Waals surface area contributed by atoms with Crippen molar-refractivity contribution in [2.75, 3.05) is 5.73 Å². The summed E-state index contributed by atoms with van der Waals surface area (Å²) in [5, 5.41) is 1.05. The standard InChI is InChI=1S/C6H4Cl3NS/c7-2-1-3(8)5(10)6(11)4(2)9/h1,11H,10H2. The van der Waals surface area contributed by atoms with Crippen LogP contribution in [0.1, 0.15) is 0 Å². The fraction of sp³-hybridized carbons (Fsp3) is 0. The molecule has 1 nitrogen and oxygen atoms in total. The largest absolute Gasteiger partial charge is 0.397 e. The Labute approximate surface area is 84.8 Å². The number of nitrogen functional groups attached to an aromatic ring is 1. The molecule has 0 heterocycles. The molecular weight excluding hydrogens is 224 g/mol. The van der Waals surface area contributed by atoms with Crippen molar-refractivity contribution in [3.05, 3.63) is 21.1 Å². The minimum Gasteiger partial charge on any atom is -0.397 e. The molecule has 11 heavy (non-hydrogen) atoms. The lowest BCUT2D eigenvalue weighted by molar-refractivity contribution is 1.47. The molecule has 0 aliphatic carbocycles. The Morgan fingerprint density at radius 2 is 1.73 bits per heavy atom. The molecule has 0 aliphatic heterocycles. The van der Waals surface area contributed by atoms with Gasteiger partial charge in [-0.2, -0.15) is 0 Å². The van der Waals surface area contributed by atoms with Gasteiger partial charge in [-0.05, 0) is 6.07 Å². The van der Waals surface area contributed by atoms with Crippen molar-refractivity contribution in [2.45, 2.75) is 4.90 Å². The molecule has 0 aliphatic rings. The van der Waals surface area contributed by atoms with Gasteiger partial charge in [-0.3, -0.25) is 0 Å². The van der Waals surface area contributed by atoms with Gasteiger partial charge in [0.1, 0.15) is 0 Å². The lowest BCUT2D eigenvalue weighted by Gasteiger charge is -2.04. The molecule has 0 saturated heterocycles. The van der Waals surface area contributed by atoms with Crippen LogP contribution in [0.2, 0.25) is 15.1 Å². The van der Waals surface area contributed by atoms with E-state index in [0.29, 0.717) is 25.7 Å². The van der Waals surface area contributed by atoms with Crippen molar-refractivity contribution in [2.24, 2.45) is 0 Å². The number of hydrogen-bond acceptors (Lipinski definition) is 2. The van der Waals surface area contributed by atoms with Gasteiger partial charge in [0.2, 0.25) is 0 Å². The normalized spacial score (nSPS) is 10.2. The van der Waals surface area contributed by atoms with E-state index in [-0.39, 0.29) is 0 Å². The number of nitrogens with two attached hydrogens (primary N) is 1. The Balaban J connectivity index is 3.46. The molecule has 1 aromatic rings. The second-order valence-electron chi connectivity index (χ2n) is 1.92. The van der Waals surface area contributed by atoms with Crippen LogP contribution in [0.3, 0.4) is 0 Å². The summed E-state index contributed by atoms with van der Waals surface area (Å²) in [6.07, 6.45) is 0. The highest BCUT2D eigenvalue weighted by atomic mass is 35.5. The molecule has 1 aromatic carbocycles. The number of hydrogen-bond donors (Lipinski definition) is 2. The predicted molar refractivity (Wildman–Crippen MR) is 53.1 cm³/mol. The molecule has 0 bridgehead atoms. The first kappa shape index (κ1) is 9.33. The summed E-state index contributed by atoms with van der Waals surface area (Å²) in [6, 6.07) is 1.49. The minimum atomic E-state index is 0.330. The summed E-state index contributed by atoms with van der Waals surface area (Å²) in [4.78, 5) is 0.421. The molecule has 0 saturated carbocycles. The Kier molecular flexibility index (Phi) is 2.81. The van der Waals surface area contributed by atoms with Crippen LogP contribution in [0, 0.1) is 0 Å². The molecule has 2 N–H and O–H groups in total. The van der Waals surface area contributed by atoms with E-state index in [9.17, 15) is 0 Å². The highest BCUT2D eigenvalue weighted by Crippen LogP contribution is 2.37. The molecule has 60 valence electrons. The van der Waals surface area contributed by atoms with Crippen molar-refractivity contribution in [1.82, 2.24) is 0 Å². The van der Waals surface area contributed by atoms with E-state index in [0.717, 1.165) is 0 Å². The Morgan fingerprint density at radius 3 is 2.27 bits per heavy atom. The zero-order chi connectivity index (χ0) is 8.59. The summed E-state index contributed by atoms with van der Waals surface area (Å²) < 4.78 is 0. The first-order valence-corrected chi connectivity index (χ1v) is 4.24. The van der Waals surface area contributed by atoms with Crippen molar-refractivity contribution >= 4 is 53.1 Å². The molecule has 0 unspecified atom stereocenters. The second-order valence-corrected chi connectivity index (χ2v) is 3.56. The highest BCUT2D eigenvalue weighted by Gasteiger charge is 2.08. The van der Waals surface area contributed by atoms with Crippen LogP contribution in [0.5, 0.6) is 0 Å². The van der Waals surface area contributed by atoms with Crippen LogP contribution < -0.4 is 5.73 Å². The predicted octanol–water partition coefficient (Wildman–Crippen LogP) is 3.52. The molecule has 0 aromatic heterocycles. The van der Waals surface area contributed by atoms with Crippen LogP contribution in [0.15, 0.2) is 11.0 Å². The summed E-state index contributed by atoms with van der Waals surface area (Å²) in [5.74, 6) is 0. The Hall–Kier alpha value is 0.240. The van der Waals surface area contributed by atoms with Gasteiger partial charge in [0.05, 0.1) is 20.8 Å². The Morgan fingerprint density at radius 1 is 1.18 bits per heavy atom. The number of benzene rings is 1. The van der Waals surface area contributed by atoms with E-state index in [1.54, 1.807) is 0 Å². The van der Waals surface area contributed by atoms with Gasteiger partial charge in [0, 0.05) is 4.90 Å². The number of anilines is 1. The summed E-state index contributed by atoms with van der Waals surface area (Å²) in [5.41, 5.74) is 5.85. The van der Waals surface area contributed by atoms with E-state index in [1.165, 1.54) is 6.07 Å².